The molecule has 24 heavy (non-hydrogen) atoms. The number of amides is 2. The molecule has 1 saturated heterocycles. The van der Waals surface area contributed by atoms with Crippen molar-refractivity contribution in [3.63, 3.8) is 0 Å². The van der Waals surface area contributed by atoms with E-state index in [0.29, 0.717) is 11.8 Å². The predicted octanol–water partition coefficient (Wildman–Crippen LogP) is 4.59. The van der Waals surface area contributed by atoms with Crippen LogP contribution in [0.25, 0.3) is 0 Å². The first kappa shape index (κ1) is 16.8. The van der Waals surface area contributed by atoms with Crippen molar-refractivity contribution in [3.8, 4) is 0 Å². The van der Waals surface area contributed by atoms with Crippen molar-refractivity contribution in [2.75, 3.05) is 19.6 Å². The fraction of sp³-hybridized carbons (Fsp3) is 0.476. The van der Waals surface area contributed by atoms with Crippen LogP contribution < -0.4 is 5.32 Å². The number of rotatable bonds is 4. The van der Waals surface area contributed by atoms with Crippen LogP contribution in [-0.2, 0) is 0 Å². The largest absolute Gasteiger partial charge is 0.338 e. The van der Waals surface area contributed by atoms with E-state index in [1.165, 1.54) is 11.1 Å². The number of hydrogen-bond donors (Lipinski definition) is 1. The van der Waals surface area contributed by atoms with Gasteiger partial charge >= 0.3 is 6.03 Å². The minimum Gasteiger partial charge on any atom is -0.338 e. The molecule has 0 radical (unpaired) electrons. The fourth-order valence-electron chi connectivity index (χ4n) is 3.60. The van der Waals surface area contributed by atoms with Crippen molar-refractivity contribution < 1.29 is 4.79 Å². The van der Waals surface area contributed by atoms with Crippen LogP contribution in [0.1, 0.15) is 55.6 Å². The molecule has 0 spiro atoms. The number of allylic oxidation sites excluding steroid dienone is 4. The molecule has 2 amide bonds. The molecule has 1 atom stereocenters. The van der Waals surface area contributed by atoms with Gasteiger partial charge in [0.05, 0.1) is 0 Å². The maximum absolute atomic E-state index is 12.0. The molecule has 3 nitrogen and oxygen atoms in total. The SMILES string of the molecule is CCCNC(=O)N1CCC(c2ccc(C3C=CC=CC3)cc2)CC1. The highest BCUT2D eigenvalue weighted by Gasteiger charge is 2.23. The molecule has 1 fully saturated rings. The summed E-state index contributed by atoms with van der Waals surface area (Å²) in [4.78, 5) is 14.0. The molecule has 1 N–H and O–H groups in total. The van der Waals surface area contributed by atoms with Crippen molar-refractivity contribution in [3.05, 3.63) is 59.7 Å². The summed E-state index contributed by atoms with van der Waals surface area (Å²) in [5.41, 5.74) is 2.82. The van der Waals surface area contributed by atoms with Crippen LogP contribution in [0.3, 0.4) is 0 Å². The van der Waals surface area contributed by atoms with Gasteiger partial charge in [-0.05, 0) is 42.7 Å². The fourth-order valence-corrected chi connectivity index (χ4v) is 3.60. The lowest BCUT2D eigenvalue weighted by molar-refractivity contribution is 0.181. The maximum atomic E-state index is 12.0. The molecule has 0 aromatic heterocycles. The van der Waals surface area contributed by atoms with E-state index < -0.39 is 0 Å². The van der Waals surface area contributed by atoms with Crippen molar-refractivity contribution in [1.82, 2.24) is 10.2 Å². The van der Waals surface area contributed by atoms with Gasteiger partial charge < -0.3 is 10.2 Å². The third-order valence-corrected chi connectivity index (χ3v) is 5.13. The minimum absolute atomic E-state index is 0.0998. The number of carbonyl (C=O) groups excluding carboxylic acids is 1. The maximum Gasteiger partial charge on any atom is 0.317 e. The Morgan fingerprint density at radius 1 is 1.12 bits per heavy atom. The summed E-state index contributed by atoms with van der Waals surface area (Å²) in [7, 11) is 0. The third-order valence-electron chi connectivity index (χ3n) is 5.13. The van der Waals surface area contributed by atoms with E-state index in [1.54, 1.807) is 0 Å². The second-order valence-electron chi connectivity index (χ2n) is 6.82. The Bertz CT molecular complexity index is 595. The number of piperidine rings is 1. The molecule has 1 aromatic rings. The molecule has 2 aliphatic rings. The lowest BCUT2D eigenvalue weighted by atomic mass is 9.86. The lowest BCUT2D eigenvalue weighted by Crippen LogP contribution is -2.44. The van der Waals surface area contributed by atoms with Crippen molar-refractivity contribution >= 4 is 6.03 Å². The van der Waals surface area contributed by atoms with Crippen LogP contribution >= 0.6 is 0 Å². The summed E-state index contributed by atoms with van der Waals surface area (Å²) in [5.74, 6) is 1.10. The zero-order valence-electron chi connectivity index (χ0n) is 14.6. The summed E-state index contributed by atoms with van der Waals surface area (Å²) >= 11 is 0. The number of benzene rings is 1. The highest BCUT2D eigenvalue weighted by atomic mass is 16.2. The topological polar surface area (TPSA) is 32.3 Å². The normalized spacial score (nSPS) is 21.0. The van der Waals surface area contributed by atoms with E-state index in [1.807, 2.05) is 4.90 Å². The number of urea groups is 1. The molecule has 3 rings (SSSR count). The molecule has 1 heterocycles. The van der Waals surface area contributed by atoms with Gasteiger partial charge in [0.25, 0.3) is 0 Å². The van der Waals surface area contributed by atoms with Crippen LogP contribution in [0.5, 0.6) is 0 Å². The van der Waals surface area contributed by atoms with Crippen LogP contribution in [-0.4, -0.2) is 30.6 Å². The monoisotopic (exact) mass is 324 g/mol. The molecule has 1 aromatic carbocycles. The summed E-state index contributed by atoms with van der Waals surface area (Å²) in [6.45, 7) is 4.57. The summed E-state index contributed by atoms with van der Waals surface area (Å²) in [6, 6.07) is 9.24. The number of likely N-dealkylation sites (tertiary alicyclic amines) is 1. The summed E-state index contributed by atoms with van der Waals surface area (Å²) in [5, 5.41) is 2.98. The Morgan fingerprint density at radius 2 is 1.83 bits per heavy atom. The van der Waals surface area contributed by atoms with E-state index >= 15 is 0 Å². The van der Waals surface area contributed by atoms with Crippen molar-refractivity contribution in [1.29, 1.82) is 0 Å². The molecule has 1 aliphatic carbocycles. The first-order chi connectivity index (χ1) is 11.8. The standard InChI is InChI=1S/C21H28N2O/c1-2-14-22-21(24)23-15-12-20(13-16-23)19-10-8-18(9-11-19)17-6-4-3-5-7-17/h3-6,8-11,17,20H,2,7,12-16H2,1H3,(H,22,24). The first-order valence-electron chi connectivity index (χ1n) is 9.24. The summed E-state index contributed by atoms with van der Waals surface area (Å²) in [6.07, 6.45) is 13.0. The van der Waals surface area contributed by atoms with Gasteiger partial charge in [-0.25, -0.2) is 4.79 Å². The van der Waals surface area contributed by atoms with Gasteiger partial charge in [-0.3, -0.25) is 0 Å². The number of nitrogens with zero attached hydrogens (tertiary/aromatic N) is 1. The second kappa shape index (κ2) is 8.18. The van der Waals surface area contributed by atoms with Crippen molar-refractivity contribution in [2.24, 2.45) is 0 Å². The highest BCUT2D eigenvalue weighted by Crippen LogP contribution is 2.30. The van der Waals surface area contributed by atoms with E-state index in [9.17, 15) is 4.79 Å². The number of hydrogen-bond acceptors (Lipinski definition) is 1. The Hall–Kier alpha value is -2.03. The molecule has 128 valence electrons. The van der Waals surface area contributed by atoms with E-state index in [4.69, 9.17) is 0 Å². The van der Waals surface area contributed by atoms with Gasteiger partial charge in [0.2, 0.25) is 0 Å². The van der Waals surface area contributed by atoms with Crippen molar-refractivity contribution in [2.45, 2.75) is 44.4 Å². The van der Waals surface area contributed by atoms with Crippen LogP contribution in [0.15, 0.2) is 48.6 Å². The highest BCUT2D eigenvalue weighted by molar-refractivity contribution is 5.74. The molecular formula is C21H28N2O. The number of nitrogens with one attached hydrogen (secondary N) is 1. The minimum atomic E-state index is 0.0998. The first-order valence-corrected chi connectivity index (χ1v) is 9.24. The van der Waals surface area contributed by atoms with E-state index in [-0.39, 0.29) is 6.03 Å². The molecular weight excluding hydrogens is 296 g/mol. The zero-order valence-corrected chi connectivity index (χ0v) is 14.6. The average molecular weight is 324 g/mol. The summed E-state index contributed by atoms with van der Waals surface area (Å²) < 4.78 is 0. The molecule has 0 bridgehead atoms. The quantitative estimate of drug-likeness (QED) is 0.863. The Labute approximate surface area is 145 Å². The van der Waals surface area contributed by atoms with Gasteiger partial charge in [-0.1, -0.05) is 55.5 Å². The van der Waals surface area contributed by atoms with E-state index in [2.05, 4.69) is 60.8 Å². The second-order valence-corrected chi connectivity index (χ2v) is 6.82. The van der Waals surface area contributed by atoms with Crippen LogP contribution in [0.4, 0.5) is 4.79 Å². The Balaban J connectivity index is 1.54. The van der Waals surface area contributed by atoms with E-state index in [0.717, 1.165) is 45.3 Å². The molecule has 0 saturated carbocycles. The van der Waals surface area contributed by atoms with Crippen LogP contribution in [0.2, 0.25) is 0 Å². The zero-order chi connectivity index (χ0) is 16.8. The Kier molecular flexibility index (Phi) is 5.73. The average Bonchev–Trinajstić information content (AvgIpc) is 2.67. The smallest absolute Gasteiger partial charge is 0.317 e. The molecule has 1 aliphatic heterocycles. The predicted molar refractivity (Wildman–Crippen MR) is 99.3 cm³/mol. The van der Waals surface area contributed by atoms with Gasteiger partial charge in [0, 0.05) is 25.6 Å². The van der Waals surface area contributed by atoms with Crippen LogP contribution in [0, 0.1) is 0 Å². The van der Waals surface area contributed by atoms with Gasteiger partial charge in [-0.15, -0.1) is 0 Å². The Morgan fingerprint density at radius 3 is 2.46 bits per heavy atom. The third kappa shape index (κ3) is 4.08. The number of carbonyl (C=O) groups is 1. The molecule has 3 heteroatoms. The lowest BCUT2D eigenvalue weighted by Gasteiger charge is -2.32. The van der Waals surface area contributed by atoms with Gasteiger partial charge in [0.15, 0.2) is 0 Å². The van der Waals surface area contributed by atoms with Gasteiger partial charge in [0.1, 0.15) is 0 Å². The van der Waals surface area contributed by atoms with Gasteiger partial charge in [-0.2, -0.15) is 0 Å². The molecule has 1 unspecified atom stereocenters.